The second-order valence-corrected chi connectivity index (χ2v) is 14.0. The summed E-state index contributed by atoms with van der Waals surface area (Å²) in [6.45, 7) is 14.2. The van der Waals surface area contributed by atoms with Crippen LogP contribution in [0.25, 0.3) is 11.3 Å². The van der Waals surface area contributed by atoms with Gasteiger partial charge in [-0.2, -0.15) is 0 Å². The van der Waals surface area contributed by atoms with Gasteiger partial charge in [0.1, 0.15) is 10.8 Å². The molecule has 1 aromatic heterocycles. The number of thiazole rings is 1. The molecule has 7 heteroatoms. The van der Waals surface area contributed by atoms with Gasteiger partial charge in [-0.3, -0.25) is 4.78 Å². The number of phenolic OH excluding ortho intramolecular Hbond substituents is 1. The monoisotopic (exact) mass is 534 g/mol. The van der Waals surface area contributed by atoms with Crippen molar-refractivity contribution < 1.29 is 5.11 Å². The Labute approximate surface area is 227 Å². The third-order valence-electron chi connectivity index (χ3n) is 6.50. The fourth-order valence-corrected chi connectivity index (χ4v) is 6.00. The van der Waals surface area contributed by atoms with Crippen molar-refractivity contribution in [2.45, 2.75) is 58.9 Å². The van der Waals surface area contributed by atoms with Crippen LogP contribution in [-0.2, 0) is 28.1 Å². The fourth-order valence-electron chi connectivity index (χ4n) is 4.28. The van der Waals surface area contributed by atoms with Gasteiger partial charge in [0.15, 0.2) is 0 Å². The molecule has 0 fully saturated rings. The van der Waals surface area contributed by atoms with Gasteiger partial charge in [0, 0.05) is 51.9 Å². The lowest BCUT2D eigenvalue weighted by Gasteiger charge is -2.28. The Balaban J connectivity index is 1.48. The average molecular weight is 535 g/mol. The molecule has 5 nitrogen and oxygen atoms in total. The second-order valence-electron chi connectivity index (χ2n) is 11.6. The molecule has 3 aromatic rings. The molecule has 2 heterocycles. The van der Waals surface area contributed by atoms with E-state index < -0.39 is 10.7 Å². The predicted octanol–water partition coefficient (Wildman–Crippen LogP) is 7.95. The fraction of sp³-hybridized carbons (Fsp3) is 0.367. The van der Waals surface area contributed by atoms with E-state index in [-0.39, 0.29) is 10.8 Å². The molecule has 1 atom stereocenters. The highest BCUT2D eigenvalue weighted by Gasteiger charge is 2.27. The van der Waals surface area contributed by atoms with Crippen LogP contribution in [0.2, 0.25) is 0 Å². The third-order valence-corrected chi connectivity index (χ3v) is 8.61. The van der Waals surface area contributed by atoms with Gasteiger partial charge >= 0.3 is 0 Å². The molecule has 1 aliphatic heterocycles. The van der Waals surface area contributed by atoms with E-state index in [1.807, 2.05) is 17.6 Å². The van der Waals surface area contributed by atoms with Crippen molar-refractivity contribution in [1.29, 1.82) is 4.78 Å². The molecule has 0 aliphatic carbocycles. The molecule has 0 bridgehead atoms. The lowest BCUT2D eigenvalue weighted by Crippen LogP contribution is -2.17. The van der Waals surface area contributed by atoms with Crippen LogP contribution in [0.5, 0.6) is 5.75 Å². The zero-order valence-electron chi connectivity index (χ0n) is 22.8. The minimum atomic E-state index is -0.502. The summed E-state index contributed by atoms with van der Waals surface area (Å²) in [6, 6.07) is 12.6. The maximum atomic E-state index is 11.1. The van der Waals surface area contributed by atoms with Crippen molar-refractivity contribution in [2.24, 2.45) is 0 Å². The quantitative estimate of drug-likeness (QED) is 0.288. The van der Waals surface area contributed by atoms with Crippen molar-refractivity contribution in [3.63, 3.8) is 0 Å². The van der Waals surface area contributed by atoms with E-state index in [1.54, 1.807) is 11.3 Å². The summed E-state index contributed by atoms with van der Waals surface area (Å²) in [5.74, 6) is 0.397. The number of hydrogen-bond donors (Lipinski definition) is 3. The van der Waals surface area contributed by atoms with Gasteiger partial charge in [0.05, 0.1) is 12.2 Å². The first kappa shape index (κ1) is 27.1. The van der Waals surface area contributed by atoms with Gasteiger partial charge in [-0.1, -0.05) is 58.3 Å². The Bertz CT molecular complexity index is 1320. The molecule has 0 radical (unpaired) electrons. The van der Waals surface area contributed by atoms with Crippen LogP contribution in [0.15, 0.2) is 64.2 Å². The van der Waals surface area contributed by atoms with E-state index in [9.17, 15) is 5.11 Å². The Hall–Kier alpha value is -2.90. The molecule has 0 amide bonds. The average Bonchev–Trinajstić information content (AvgIpc) is 3.45. The lowest BCUT2D eigenvalue weighted by molar-refractivity contribution is 0.423. The van der Waals surface area contributed by atoms with Gasteiger partial charge in [-0.05, 0) is 58.7 Å². The first-order chi connectivity index (χ1) is 17.3. The topological polar surface area (TPSA) is 72.2 Å². The zero-order valence-corrected chi connectivity index (χ0v) is 24.5. The highest BCUT2D eigenvalue weighted by atomic mass is 32.2. The molecule has 0 saturated carbocycles. The SMILES string of the molecule is CN(Cc1nc(-c2cc(C(C)(C)C)c(O)c(C(C)(C)C)c2)cs1)c1ccc(NCC2=CC=CS2=N)cc1. The van der Waals surface area contributed by atoms with Crippen LogP contribution in [0.4, 0.5) is 11.4 Å². The lowest BCUT2D eigenvalue weighted by atomic mass is 9.78. The first-order valence-corrected chi connectivity index (χ1v) is 14.7. The van der Waals surface area contributed by atoms with Crippen molar-refractivity contribution in [2.75, 3.05) is 23.8 Å². The van der Waals surface area contributed by atoms with E-state index >= 15 is 0 Å². The molecular weight excluding hydrogens is 496 g/mol. The molecule has 1 unspecified atom stereocenters. The van der Waals surface area contributed by atoms with Gasteiger partial charge in [0.25, 0.3) is 0 Å². The maximum Gasteiger partial charge on any atom is 0.123 e. The number of benzene rings is 2. The third kappa shape index (κ3) is 6.33. The number of nitrogens with zero attached hydrogens (tertiary/aromatic N) is 2. The van der Waals surface area contributed by atoms with Crippen molar-refractivity contribution >= 4 is 33.4 Å². The number of nitrogens with one attached hydrogen (secondary N) is 2. The van der Waals surface area contributed by atoms with Gasteiger partial charge < -0.3 is 15.3 Å². The predicted molar refractivity (Wildman–Crippen MR) is 161 cm³/mol. The first-order valence-electron chi connectivity index (χ1n) is 12.5. The number of aromatic hydroxyl groups is 1. The summed E-state index contributed by atoms with van der Waals surface area (Å²) in [5.41, 5.74) is 5.74. The maximum absolute atomic E-state index is 11.1. The van der Waals surface area contributed by atoms with Crippen LogP contribution < -0.4 is 10.2 Å². The summed E-state index contributed by atoms with van der Waals surface area (Å²) in [6.07, 6.45) is 3.99. The highest BCUT2D eigenvalue weighted by molar-refractivity contribution is 7.93. The summed E-state index contributed by atoms with van der Waals surface area (Å²) in [4.78, 5) is 8.29. The zero-order chi connectivity index (χ0) is 27.0. The molecule has 1 aliphatic rings. The summed E-state index contributed by atoms with van der Waals surface area (Å²) in [5, 5.41) is 19.6. The number of aromatic nitrogens is 1. The number of rotatable bonds is 7. The normalized spacial score (nSPS) is 15.6. The largest absolute Gasteiger partial charge is 0.507 e. The van der Waals surface area contributed by atoms with E-state index in [0.717, 1.165) is 43.7 Å². The smallest absolute Gasteiger partial charge is 0.123 e. The van der Waals surface area contributed by atoms with Gasteiger partial charge in [0.2, 0.25) is 0 Å². The number of hydrogen-bond acceptors (Lipinski definition) is 6. The number of anilines is 2. The molecular formula is C30H38N4OS2. The minimum absolute atomic E-state index is 0.172. The summed E-state index contributed by atoms with van der Waals surface area (Å²) < 4.78 is 8.00. The van der Waals surface area contributed by atoms with E-state index in [1.165, 1.54) is 0 Å². The van der Waals surface area contributed by atoms with E-state index in [0.29, 0.717) is 18.8 Å². The Morgan fingerprint density at radius 2 is 1.65 bits per heavy atom. The van der Waals surface area contributed by atoms with E-state index in [2.05, 4.69) is 101 Å². The molecule has 37 heavy (non-hydrogen) atoms. The number of allylic oxidation sites excluding steroid dienone is 2. The number of phenols is 1. The van der Waals surface area contributed by atoms with E-state index in [4.69, 9.17) is 9.76 Å². The molecule has 0 spiro atoms. The Morgan fingerprint density at radius 3 is 2.19 bits per heavy atom. The van der Waals surface area contributed by atoms with Crippen molar-refractivity contribution in [3.05, 3.63) is 80.4 Å². The standard InChI is InChI=1S/C30H38N4OS2/c1-29(2,3)24-15-20(16-25(28(24)35)30(4,5)6)26-19-36-27(33-26)18-34(7)22-12-10-21(11-13-22)32-17-23-9-8-14-37(23)31/h8-16,19,31-32,35H,17-18H2,1-7H3. The van der Waals surface area contributed by atoms with Crippen molar-refractivity contribution in [3.8, 4) is 17.0 Å². The van der Waals surface area contributed by atoms with Gasteiger partial charge in [-0.15, -0.1) is 11.3 Å². The minimum Gasteiger partial charge on any atom is -0.507 e. The Kier molecular flexibility index (Phi) is 7.67. The van der Waals surface area contributed by atoms with Crippen LogP contribution in [0, 0.1) is 4.78 Å². The second kappa shape index (κ2) is 10.5. The van der Waals surface area contributed by atoms with Crippen LogP contribution in [-0.4, -0.2) is 23.7 Å². The molecule has 196 valence electrons. The molecule has 0 saturated heterocycles. The van der Waals surface area contributed by atoms with Gasteiger partial charge in [-0.25, -0.2) is 4.98 Å². The molecule has 4 rings (SSSR count). The van der Waals surface area contributed by atoms with Crippen LogP contribution in [0.3, 0.4) is 0 Å². The molecule has 3 N–H and O–H groups in total. The summed E-state index contributed by atoms with van der Waals surface area (Å²) >= 11 is 1.67. The van der Waals surface area contributed by atoms with Crippen molar-refractivity contribution in [1.82, 2.24) is 4.98 Å². The van der Waals surface area contributed by atoms with Crippen LogP contribution in [0.1, 0.15) is 57.7 Å². The molecule has 2 aromatic carbocycles. The highest BCUT2D eigenvalue weighted by Crippen LogP contribution is 2.42. The Morgan fingerprint density at radius 1 is 1.03 bits per heavy atom. The summed E-state index contributed by atoms with van der Waals surface area (Å²) in [7, 11) is 1.58. The van der Waals surface area contributed by atoms with Crippen LogP contribution >= 0.6 is 11.3 Å².